The highest BCUT2D eigenvalue weighted by Crippen LogP contribution is 2.24. The first-order valence-corrected chi connectivity index (χ1v) is 10.1. The van der Waals surface area contributed by atoms with Crippen LogP contribution in [0.1, 0.15) is 24.4 Å². The van der Waals surface area contributed by atoms with E-state index in [4.69, 9.17) is 0 Å². The monoisotopic (exact) mass is 415 g/mol. The van der Waals surface area contributed by atoms with E-state index in [2.05, 4.69) is 15.5 Å². The number of nitrogens with zero attached hydrogens (tertiary/aromatic N) is 3. The fourth-order valence-electron chi connectivity index (χ4n) is 4.26. The van der Waals surface area contributed by atoms with Gasteiger partial charge in [-0.25, -0.2) is 4.79 Å². The zero-order chi connectivity index (χ0) is 21.4. The Morgan fingerprint density at radius 1 is 1.23 bits per heavy atom. The number of carbonyl (C=O) groups is 3. The number of aliphatic carboxylic acids is 1. The normalized spacial score (nSPS) is 23.0. The van der Waals surface area contributed by atoms with E-state index < -0.39 is 24.0 Å². The van der Waals surface area contributed by atoms with Crippen molar-refractivity contribution in [2.75, 3.05) is 26.2 Å². The average Bonchev–Trinajstić information content (AvgIpc) is 2.97. The van der Waals surface area contributed by atoms with Gasteiger partial charge < -0.3 is 10.4 Å². The quantitative estimate of drug-likeness (QED) is 0.547. The van der Waals surface area contributed by atoms with Crippen molar-refractivity contribution < 1.29 is 19.5 Å². The number of imidazole rings is 1. The lowest BCUT2D eigenvalue weighted by Crippen LogP contribution is -2.54. The van der Waals surface area contributed by atoms with E-state index in [1.807, 2.05) is 18.2 Å². The van der Waals surface area contributed by atoms with Crippen molar-refractivity contribution in [3.8, 4) is 0 Å². The maximum absolute atomic E-state index is 12.8. The van der Waals surface area contributed by atoms with Gasteiger partial charge in [-0.05, 0) is 30.5 Å². The molecule has 0 radical (unpaired) electrons. The number of carbonyl (C=O) groups excluding carboxylic acids is 2. The van der Waals surface area contributed by atoms with Crippen molar-refractivity contribution in [1.82, 2.24) is 24.7 Å². The van der Waals surface area contributed by atoms with Gasteiger partial charge in [0.15, 0.2) is 0 Å². The minimum absolute atomic E-state index is 0.208. The largest absolute Gasteiger partial charge is 0.480 e. The van der Waals surface area contributed by atoms with Gasteiger partial charge in [-0.2, -0.15) is 0 Å². The molecule has 3 N–H and O–H groups in total. The summed E-state index contributed by atoms with van der Waals surface area (Å²) in [7, 11) is 1.67. The van der Waals surface area contributed by atoms with Gasteiger partial charge in [0.2, 0.25) is 11.8 Å². The van der Waals surface area contributed by atoms with Crippen molar-refractivity contribution >= 4 is 28.8 Å². The molecule has 2 aliphatic rings. The first-order chi connectivity index (χ1) is 14.3. The van der Waals surface area contributed by atoms with Crippen LogP contribution in [-0.2, 0) is 27.9 Å². The molecule has 4 rings (SSSR count). The van der Waals surface area contributed by atoms with Crippen LogP contribution in [-0.4, -0.2) is 69.1 Å². The summed E-state index contributed by atoms with van der Waals surface area (Å²) in [5.74, 6) is -1.60. The number of aromatic nitrogens is 2. The molecule has 2 atom stereocenters. The molecule has 160 valence electrons. The van der Waals surface area contributed by atoms with E-state index in [0.717, 1.165) is 30.6 Å². The second kappa shape index (κ2) is 8.04. The fourth-order valence-corrected chi connectivity index (χ4v) is 4.26. The average molecular weight is 415 g/mol. The summed E-state index contributed by atoms with van der Waals surface area (Å²) < 4.78 is 2.99. The Balaban J connectivity index is 1.54. The predicted octanol–water partition coefficient (Wildman–Crippen LogP) is -0.781. The molecule has 10 nitrogen and oxygen atoms in total. The van der Waals surface area contributed by atoms with Crippen LogP contribution in [0.25, 0.3) is 11.0 Å². The Morgan fingerprint density at radius 2 is 2.03 bits per heavy atom. The Bertz CT molecular complexity index is 1070. The van der Waals surface area contributed by atoms with Crippen molar-refractivity contribution in [2.45, 2.75) is 31.3 Å². The van der Waals surface area contributed by atoms with E-state index in [1.54, 1.807) is 7.05 Å². The molecule has 0 bridgehead atoms. The van der Waals surface area contributed by atoms with E-state index in [0.29, 0.717) is 25.0 Å². The van der Waals surface area contributed by atoms with Crippen LogP contribution < -0.4 is 16.3 Å². The van der Waals surface area contributed by atoms with Gasteiger partial charge in [0, 0.05) is 39.6 Å². The van der Waals surface area contributed by atoms with Crippen LogP contribution in [0.15, 0.2) is 23.0 Å². The number of carboxylic acids is 1. The molecule has 3 heterocycles. The fraction of sp³-hybridized carbons (Fsp3) is 0.500. The molecule has 0 aliphatic carbocycles. The molecule has 2 aromatic rings. The Kier molecular flexibility index (Phi) is 5.44. The number of hydrogen-bond acceptors (Lipinski definition) is 6. The van der Waals surface area contributed by atoms with E-state index in [1.165, 1.54) is 9.13 Å². The van der Waals surface area contributed by atoms with Gasteiger partial charge in [-0.3, -0.25) is 33.7 Å². The number of amides is 2. The number of carboxylic acid groups (broad SMARTS) is 1. The van der Waals surface area contributed by atoms with Crippen LogP contribution in [0, 0.1) is 0 Å². The van der Waals surface area contributed by atoms with Gasteiger partial charge in [0.25, 0.3) is 0 Å². The number of piperidine rings is 1. The van der Waals surface area contributed by atoms with Crippen LogP contribution in [0.2, 0.25) is 0 Å². The highest BCUT2D eigenvalue weighted by Gasteiger charge is 2.31. The number of nitrogens with one attached hydrogen (secondary N) is 2. The smallest absolute Gasteiger partial charge is 0.329 e. The lowest BCUT2D eigenvalue weighted by atomic mass is 10.1. The van der Waals surface area contributed by atoms with Crippen LogP contribution in [0.5, 0.6) is 0 Å². The Morgan fingerprint density at radius 3 is 2.77 bits per heavy atom. The molecular weight excluding hydrogens is 390 g/mol. The SMILES string of the molecule is Cn1c(=O)n(C2CCC(=O)NC2=O)c2ccc(CCN3CCN[C@@H](C(=O)O)C3)cc21. The number of imide groups is 1. The molecule has 1 aromatic carbocycles. The molecule has 2 saturated heterocycles. The first-order valence-electron chi connectivity index (χ1n) is 10.1. The molecule has 0 saturated carbocycles. The highest BCUT2D eigenvalue weighted by molar-refractivity contribution is 6.00. The van der Waals surface area contributed by atoms with Crippen molar-refractivity contribution in [3.63, 3.8) is 0 Å². The Labute approximate surface area is 172 Å². The second-order valence-electron chi connectivity index (χ2n) is 7.90. The van der Waals surface area contributed by atoms with Crippen molar-refractivity contribution in [1.29, 1.82) is 0 Å². The van der Waals surface area contributed by atoms with Gasteiger partial charge in [0.05, 0.1) is 11.0 Å². The third-order valence-corrected chi connectivity index (χ3v) is 5.95. The molecule has 10 heteroatoms. The maximum Gasteiger partial charge on any atom is 0.329 e. The number of hydrogen-bond donors (Lipinski definition) is 3. The van der Waals surface area contributed by atoms with Crippen molar-refractivity contribution in [2.24, 2.45) is 7.05 Å². The summed E-state index contributed by atoms with van der Waals surface area (Å²) in [6.07, 6.45) is 1.23. The summed E-state index contributed by atoms with van der Waals surface area (Å²) in [6, 6.07) is 4.47. The molecule has 30 heavy (non-hydrogen) atoms. The lowest BCUT2D eigenvalue weighted by Gasteiger charge is -2.31. The molecule has 2 fully saturated rings. The molecule has 1 unspecified atom stereocenters. The van der Waals surface area contributed by atoms with E-state index in [9.17, 15) is 24.3 Å². The number of aryl methyl sites for hydroxylation is 1. The van der Waals surface area contributed by atoms with Gasteiger partial charge in [-0.15, -0.1) is 0 Å². The van der Waals surface area contributed by atoms with Crippen molar-refractivity contribution in [3.05, 3.63) is 34.2 Å². The number of rotatable bonds is 5. The summed E-state index contributed by atoms with van der Waals surface area (Å²) in [6.45, 7) is 2.61. The number of piperazine rings is 1. The second-order valence-corrected chi connectivity index (χ2v) is 7.90. The molecular formula is C20H25N5O5. The first kappa shape index (κ1) is 20.3. The maximum atomic E-state index is 12.8. The van der Waals surface area contributed by atoms with Gasteiger partial charge in [0.1, 0.15) is 12.1 Å². The van der Waals surface area contributed by atoms with Crippen LogP contribution in [0.3, 0.4) is 0 Å². The molecule has 1 aromatic heterocycles. The lowest BCUT2D eigenvalue weighted by molar-refractivity contribution is -0.141. The number of benzene rings is 1. The third kappa shape index (κ3) is 3.75. The highest BCUT2D eigenvalue weighted by atomic mass is 16.4. The van der Waals surface area contributed by atoms with Crippen LogP contribution >= 0.6 is 0 Å². The van der Waals surface area contributed by atoms with Gasteiger partial charge >= 0.3 is 11.7 Å². The predicted molar refractivity (Wildman–Crippen MR) is 108 cm³/mol. The number of fused-ring (bicyclic) bond motifs is 1. The molecule has 0 spiro atoms. The van der Waals surface area contributed by atoms with E-state index in [-0.39, 0.29) is 18.0 Å². The Hall–Kier alpha value is -2.98. The summed E-state index contributed by atoms with van der Waals surface area (Å²) in [4.78, 5) is 49.9. The van der Waals surface area contributed by atoms with E-state index >= 15 is 0 Å². The topological polar surface area (TPSA) is 126 Å². The van der Waals surface area contributed by atoms with Crippen LogP contribution in [0.4, 0.5) is 0 Å². The zero-order valence-corrected chi connectivity index (χ0v) is 16.8. The minimum atomic E-state index is -0.842. The summed E-state index contributed by atoms with van der Waals surface area (Å²) >= 11 is 0. The zero-order valence-electron chi connectivity index (χ0n) is 16.8. The minimum Gasteiger partial charge on any atom is -0.480 e. The third-order valence-electron chi connectivity index (χ3n) is 5.95. The summed E-state index contributed by atoms with van der Waals surface area (Å²) in [5, 5.41) is 14.5. The molecule has 2 amide bonds. The molecule has 2 aliphatic heterocycles. The van der Waals surface area contributed by atoms with Gasteiger partial charge in [-0.1, -0.05) is 6.07 Å². The standard InChI is InChI=1S/C20H25N5O5/c1-23-16-10-12(6-8-24-9-7-21-13(11-24)19(28)29)2-3-14(16)25(20(23)30)15-4-5-17(26)22-18(15)27/h2-3,10,13,15,21H,4-9,11H2,1H3,(H,28,29)(H,22,26,27)/t13-,15?/m1/s1. The summed E-state index contributed by atoms with van der Waals surface area (Å²) in [5.41, 5.74) is 2.13.